The topological polar surface area (TPSA) is 88.2 Å². The van der Waals surface area contributed by atoms with Crippen LogP contribution in [0.5, 0.6) is 0 Å². The molecule has 13 heavy (non-hydrogen) atoms. The van der Waals surface area contributed by atoms with Gasteiger partial charge in [0.25, 0.3) is 0 Å². The van der Waals surface area contributed by atoms with Crippen molar-refractivity contribution in [3.63, 3.8) is 0 Å². The van der Waals surface area contributed by atoms with E-state index in [2.05, 4.69) is 10.1 Å². The smallest absolute Gasteiger partial charge is 0.358 e. The van der Waals surface area contributed by atoms with E-state index in [-0.39, 0.29) is 16.7 Å². The SMILES string of the molecule is O=C(O)c1nn(O)c2cccnc12. The third-order valence-corrected chi connectivity index (χ3v) is 1.62. The minimum atomic E-state index is -1.21. The number of carboxylic acid groups (broad SMARTS) is 1. The number of aromatic nitrogens is 3. The molecular formula is C7H5N3O3. The van der Waals surface area contributed by atoms with Gasteiger partial charge in [0.05, 0.1) is 0 Å². The number of rotatable bonds is 1. The second-order valence-electron chi connectivity index (χ2n) is 2.41. The van der Waals surface area contributed by atoms with E-state index in [4.69, 9.17) is 10.3 Å². The first-order valence-electron chi connectivity index (χ1n) is 3.46. The minimum Gasteiger partial charge on any atom is -0.476 e. The molecule has 0 unspecified atom stereocenters. The highest BCUT2D eigenvalue weighted by Gasteiger charge is 2.16. The molecule has 0 aromatic carbocycles. The molecule has 0 aliphatic heterocycles. The molecule has 0 saturated heterocycles. The Labute approximate surface area is 72.0 Å². The lowest BCUT2D eigenvalue weighted by Gasteiger charge is -1.88. The fourth-order valence-electron chi connectivity index (χ4n) is 1.08. The average Bonchev–Trinajstić information content (AvgIpc) is 2.45. The Morgan fingerprint density at radius 2 is 2.31 bits per heavy atom. The number of pyridine rings is 1. The van der Waals surface area contributed by atoms with Gasteiger partial charge in [-0.05, 0) is 12.1 Å². The number of carbonyl (C=O) groups is 1. The highest BCUT2D eigenvalue weighted by Crippen LogP contribution is 2.13. The Morgan fingerprint density at radius 3 is 3.00 bits per heavy atom. The minimum absolute atomic E-state index is 0.178. The van der Waals surface area contributed by atoms with Gasteiger partial charge in [0.1, 0.15) is 11.0 Å². The van der Waals surface area contributed by atoms with Gasteiger partial charge in [-0.1, -0.05) is 4.85 Å². The van der Waals surface area contributed by atoms with Gasteiger partial charge in [0.2, 0.25) is 0 Å². The molecule has 0 aliphatic carbocycles. The van der Waals surface area contributed by atoms with E-state index in [0.717, 1.165) is 0 Å². The maximum Gasteiger partial charge on any atom is 0.358 e. The van der Waals surface area contributed by atoms with Crippen molar-refractivity contribution in [1.29, 1.82) is 0 Å². The van der Waals surface area contributed by atoms with Crippen molar-refractivity contribution in [3.05, 3.63) is 24.0 Å². The molecular weight excluding hydrogens is 174 g/mol. The van der Waals surface area contributed by atoms with Gasteiger partial charge in [0.15, 0.2) is 5.69 Å². The molecule has 6 heteroatoms. The van der Waals surface area contributed by atoms with Crippen LogP contribution >= 0.6 is 0 Å². The monoisotopic (exact) mass is 179 g/mol. The lowest BCUT2D eigenvalue weighted by Crippen LogP contribution is -2.00. The summed E-state index contributed by atoms with van der Waals surface area (Å²) >= 11 is 0. The molecule has 66 valence electrons. The molecule has 2 heterocycles. The predicted molar refractivity (Wildman–Crippen MR) is 41.7 cm³/mol. The maximum atomic E-state index is 10.6. The largest absolute Gasteiger partial charge is 0.476 e. The number of nitrogens with zero attached hydrogens (tertiary/aromatic N) is 3. The molecule has 2 aromatic rings. The van der Waals surface area contributed by atoms with Gasteiger partial charge in [0, 0.05) is 6.20 Å². The van der Waals surface area contributed by atoms with Crippen LogP contribution in [0.15, 0.2) is 18.3 Å². The third kappa shape index (κ3) is 0.994. The van der Waals surface area contributed by atoms with Crippen LogP contribution in [0.3, 0.4) is 0 Å². The quantitative estimate of drug-likeness (QED) is 0.617. The van der Waals surface area contributed by atoms with E-state index >= 15 is 0 Å². The van der Waals surface area contributed by atoms with Gasteiger partial charge in [-0.3, -0.25) is 4.98 Å². The van der Waals surface area contributed by atoms with Gasteiger partial charge < -0.3 is 10.3 Å². The summed E-state index contributed by atoms with van der Waals surface area (Å²) < 4.78 is 0. The van der Waals surface area contributed by atoms with E-state index in [1.807, 2.05) is 0 Å². The third-order valence-electron chi connectivity index (χ3n) is 1.62. The highest BCUT2D eigenvalue weighted by molar-refractivity contribution is 5.98. The van der Waals surface area contributed by atoms with Crippen molar-refractivity contribution in [2.75, 3.05) is 0 Å². The van der Waals surface area contributed by atoms with Crippen molar-refractivity contribution in [2.45, 2.75) is 0 Å². The van der Waals surface area contributed by atoms with Crippen LogP contribution in [0.2, 0.25) is 0 Å². The molecule has 0 atom stereocenters. The standard InChI is InChI=1S/C7H5N3O3/c11-7(12)6-5-4(10(13)9-6)2-1-3-8-5/h1-3,13H,(H,11,12). The Kier molecular flexibility index (Phi) is 1.42. The summed E-state index contributed by atoms with van der Waals surface area (Å²) in [5.41, 5.74) is 0.204. The fraction of sp³-hybridized carbons (Fsp3) is 0. The summed E-state index contributed by atoms with van der Waals surface area (Å²) in [5, 5.41) is 21.2. The molecule has 2 rings (SSSR count). The zero-order chi connectivity index (χ0) is 9.42. The maximum absolute atomic E-state index is 10.6. The number of fused-ring (bicyclic) bond motifs is 1. The zero-order valence-electron chi connectivity index (χ0n) is 6.38. The van der Waals surface area contributed by atoms with Crippen LogP contribution < -0.4 is 0 Å². The van der Waals surface area contributed by atoms with E-state index in [9.17, 15) is 4.79 Å². The van der Waals surface area contributed by atoms with Crippen molar-refractivity contribution in [1.82, 2.24) is 14.9 Å². The van der Waals surface area contributed by atoms with Crippen LogP contribution in [0, 0.1) is 0 Å². The first-order valence-corrected chi connectivity index (χ1v) is 3.46. The summed E-state index contributed by atoms with van der Waals surface area (Å²) in [4.78, 5) is 14.9. The lowest BCUT2D eigenvalue weighted by atomic mass is 10.3. The Hall–Kier alpha value is -2.11. The van der Waals surface area contributed by atoms with Crippen LogP contribution in [0.4, 0.5) is 0 Å². The van der Waals surface area contributed by atoms with Gasteiger partial charge >= 0.3 is 5.97 Å². The van der Waals surface area contributed by atoms with E-state index in [1.54, 1.807) is 6.07 Å². The van der Waals surface area contributed by atoms with E-state index < -0.39 is 5.97 Å². The summed E-state index contributed by atoms with van der Waals surface area (Å²) in [6, 6.07) is 3.12. The summed E-state index contributed by atoms with van der Waals surface area (Å²) in [5.74, 6) is -1.21. The lowest BCUT2D eigenvalue weighted by molar-refractivity contribution is 0.0681. The summed E-state index contributed by atoms with van der Waals surface area (Å²) in [6.07, 6.45) is 1.44. The predicted octanol–water partition coefficient (Wildman–Crippen LogP) is 0.367. The summed E-state index contributed by atoms with van der Waals surface area (Å²) in [7, 11) is 0. The van der Waals surface area contributed by atoms with Crippen LogP contribution in [-0.2, 0) is 0 Å². The second kappa shape index (κ2) is 2.44. The van der Waals surface area contributed by atoms with Crippen molar-refractivity contribution >= 4 is 17.0 Å². The van der Waals surface area contributed by atoms with E-state index in [0.29, 0.717) is 4.85 Å². The molecule has 2 N–H and O–H groups in total. The van der Waals surface area contributed by atoms with Crippen LogP contribution in [-0.4, -0.2) is 31.2 Å². The molecule has 0 saturated carbocycles. The van der Waals surface area contributed by atoms with Gasteiger partial charge in [-0.25, -0.2) is 4.79 Å². The zero-order valence-corrected chi connectivity index (χ0v) is 6.38. The van der Waals surface area contributed by atoms with Crippen LogP contribution in [0.25, 0.3) is 11.0 Å². The van der Waals surface area contributed by atoms with Gasteiger partial charge in [-0.2, -0.15) is 0 Å². The highest BCUT2D eigenvalue weighted by atomic mass is 16.5. The first kappa shape index (κ1) is 7.53. The van der Waals surface area contributed by atoms with Gasteiger partial charge in [-0.15, -0.1) is 5.10 Å². The average molecular weight is 179 g/mol. The van der Waals surface area contributed by atoms with E-state index in [1.165, 1.54) is 12.3 Å². The molecule has 0 aliphatic rings. The molecule has 6 nitrogen and oxygen atoms in total. The molecule has 0 amide bonds. The Morgan fingerprint density at radius 1 is 1.54 bits per heavy atom. The number of hydrogen-bond donors (Lipinski definition) is 2. The molecule has 0 radical (unpaired) electrons. The number of hydrogen-bond acceptors (Lipinski definition) is 4. The van der Waals surface area contributed by atoms with Crippen molar-refractivity contribution < 1.29 is 15.1 Å². The van der Waals surface area contributed by atoms with Crippen molar-refractivity contribution in [2.24, 2.45) is 0 Å². The normalized spacial score (nSPS) is 10.5. The molecule has 0 spiro atoms. The van der Waals surface area contributed by atoms with Crippen molar-refractivity contribution in [3.8, 4) is 0 Å². The molecule has 0 fully saturated rings. The number of aromatic carboxylic acids is 1. The summed E-state index contributed by atoms with van der Waals surface area (Å²) in [6.45, 7) is 0. The molecule has 0 bridgehead atoms. The fourth-order valence-corrected chi connectivity index (χ4v) is 1.08. The molecule has 2 aromatic heterocycles. The van der Waals surface area contributed by atoms with Crippen LogP contribution in [0.1, 0.15) is 10.5 Å². The number of carboxylic acids is 1. The Balaban J connectivity index is 2.85. The Bertz CT molecular complexity index is 477. The first-order chi connectivity index (χ1) is 6.20. The second-order valence-corrected chi connectivity index (χ2v) is 2.41.